The zero-order valence-corrected chi connectivity index (χ0v) is 12.2. The first-order chi connectivity index (χ1) is 9.10. The van der Waals surface area contributed by atoms with Crippen LogP contribution in [-0.4, -0.2) is 6.54 Å². The molecule has 19 heavy (non-hydrogen) atoms. The van der Waals surface area contributed by atoms with Gasteiger partial charge in [-0.25, -0.2) is 4.39 Å². The van der Waals surface area contributed by atoms with E-state index in [0.717, 1.165) is 22.0 Å². The van der Waals surface area contributed by atoms with Gasteiger partial charge in [0.2, 0.25) is 0 Å². The van der Waals surface area contributed by atoms with Crippen molar-refractivity contribution in [2.24, 2.45) is 5.73 Å². The number of ether oxygens (including phenoxy) is 1. The van der Waals surface area contributed by atoms with E-state index in [1.54, 1.807) is 12.1 Å². The topological polar surface area (TPSA) is 35.2 Å². The maximum Gasteiger partial charge on any atom is 0.165 e. The van der Waals surface area contributed by atoms with Crippen molar-refractivity contribution in [3.05, 3.63) is 57.8 Å². The zero-order valence-electron chi connectivity index (χ0n) is 10.6. The van der Waals surface area contributed by atoms with Crippen LogP contribution in [0.3, 0.4) is 0 Å². The Labute approximate surface area is 120 Å². The molecular weight excluding hydrogens is 309 g/mol. The van der Waals surface area contributed by atoms with Gasteiger partial charge in [-0.2, -0.15) is 0 Å². The van der Waals surface area contributed by atoms with Crippen LogP contribution in [0.4, 0.5) is 4.39 Å². The van der Waals surface area contributed by atoms with E-state index in [-0.39, 0.29) is 11.6 Å². The smallest absolute Gasteiger partial charge is 0.165 e. The molecule has 2 aromatic rings. The summed E-state index contributed by atoms with van der Waals surface area (Å²) in [4.78, 5) is 0. The number of hydrogen-bond acceptors (Lipinski definition) is 2. The van der Waals surface area contributed by atoms with E-state index in [2.05, 4.69) is 15.9 Å². The van der Waals surface area contributed by atoms with E-state index in [1.165, 1.54) is 6.07 Å². The van der Waals surface area contributed by atoms with Crippen LogP contribution in [0.5, 0.6) is 11.5 Å². The monoisotopic (exact) mass is 323 g/mol. The third-order valence-electron chi connectivity index (χ3n) is 2.79. The van der Waals surface area contributed by atoms with Gasteiger partial charge in [-0.1, -0.05) is 28.1 Å². The Morgan fingerprint density at radius 2 is 1.95 bits per heavy atom. The maximum atomic E-state index is 13.6. The lowest BCUT2D eigenvalue weighted by Crippen LogP contribution is -2.03. The molecule has 0 radical (unpaired) electrons. The van der Waals surface area contributed by atoms with Crippen molar-refractivity contribution in [2.45, 2.75) is 13.3 Å². The maximum absolute atomic E-state index is 13.6. The number of rotatable bonds is 4. The molecule has 0 aliphatic rings. The van der Waals surface area contributed by atoms with E-state index in [1.807, 2.05) is 25.1 Å². The van der Waals surface area contributed by atoms with Gasteiger partial charge in [-0.3, -0.25) is 0 Å². The second kappa shape index (κ2) is 6.17. The van der Waals surface area contributed by atoms with Crippen molar-refractivity contribution in [2.75, 3.05) is 6.54 Å². The third-order valence-corrected chi connectivity index (χ3v) is 3.28. The molecule has 2 N–H and O–H groups in total. The first-order valence-electron chi connectivity index (χ1n) is 6.02. The van der Waals surface area contributed by atoms with Crippen LogP contribution in [0.15, 0.2) is 40.9 Å². The van der Waals surface area contributed by atoms with Crippen molar-refractivity contribution < 1.29 is 9.13 Å². The van der Waals surface area contributed by atoms with E-state index in [9.17, 15) is 4.39 Å². The Kier molecular flexibility index (Phi) is 4.56. The van der Waals surface area contributed by atoms with Crippen LogP contribution in [0, 0.1) is 12.7 Å². The molecule has 0 unspecified atom stereocenters. The molecule has 0 atom stereocenters. The number of benzene rings is 2. The molecule has 2 aromatic carbocycles. The minimum atomic E-state index is -0.381. The Balaban J connectivity index is 2.25. The fourth-order valence-electron chi connectivity index (χ4n) is 1.82. The molecule has 0 saturated heterocycles. The molecule has 0 aromatic heterocycles. The minimum absolute atomic E-state index is 0.212. The van der Waals surface area contributed by atoms with Crippen molar-refractivity contribution in [3.63, 3.8) is 0 Å². The molecular formula is C15H15BrFNO. The molecule has 0 amide bonds. The van der Waals surface area contributed by atoms with E-state index < -0.39 is 0 Å². The van der Waals surface area contributed by atoms with E-state index in [0.29, 0.717) is 12.3 Å². The fraction of sp³-hybridized carbons (Fsp3) is 0.200. The van der Waals surface area contributed by atoms with Gasteiger partial charge in [0.05, 0.1) is 0 Å². The number of aryl methyl sites for hydroxylation is 1. The lowest BCUT2D eigenvalue weighted by molar-refractivity contribution is 0.439. The molecule has 2 rings (SSSR count). The summed E-state index contributed by atoms with van der Waals surface area (Å²) in [5.74, 6) is 0.482. The molecule has 4 heteroatoms. The van der Waals surface area contributed by atoms with E-state index in [4.69, 9.17) is 10.5 Å². The summed E-state index contributed by atoms with van der Waals surface area (Å²) in [5.41, 5.74) is 7.64. The van der Waals surface area contributed by atoms with Gasteiger partial charge in [-0.05, 0) is 55.3 Å². The Morgan fingerprint density at radius 1 is 1.16 bits per heavy atom. The first-order valence-corrected chi connectivity index (χ1v) is 6.82. The van der Waals surface area contributed by atoms with Gasteiger partial charge >= 0.3 is 0 Å². The summed E-state index contributed by atoms with van der Waals surface area (Å²) in [6.45, 7) is 2.55. The lowest BCUT2D eigenvalue weighted by atomic mass is 10.1. The first kappa shape index (κ1) is 14.0. The van der Waals surface area contributed by atoms with Crippen LogP contribution >= 0.6 is 15.9 Å². The van der Waals surface area contributed by atoms with Crippen LogP contribution in [-0.2, 0) is 6.42 Å². The Hall–Kier alpha value is -1.39. The average Bonchev–Trinajstić information content (AvgIpc) is 2.37. The van der Waals surface area contributed by atoms with Crippen LogP contribution in [0.1, 0.15) is 11.1 Å². The summed E-state index contributed by atoms with van der Waals surface area (Å²) < 4.78 is 20.0. The molecule has 0 spiro atoms. The second-order valence-corrected chi connectivity index (χ2v) is 5.23. The molecule has 100 valence electrons. The quantitative estimate of drug-likeness (QED) is 0.915. The molecule has 0 heterocycles. The SMILES string of the molecule is Cc1cc(CCN)ccc1Oc1cc(Br)ccc1F. The highest BCUT2D eigenvalue weighted by Crippen LogP contribution is 2.30. The highest BCUT2D eigenvalue weighted by molar-refractivity contribution is 9.10. The number of hydrogen-bond donors (Lipinski definition) is 1. The molecule has 0 saturated carbocycles. The highest BCUT2D eigenvalue weighted by atomic mass is 79.9. The Morgan fingerprint density at radius 3 is 2.63 bits per heavy atom. The van der Waals surface area contributed by atoms with Gasteiger partial charge in [0.25, 0.3) is 0 Å². The van der Waals surface area contributed by atoms with Gasteiger partial charge in [0, 0.05) is 4.47 Å². The molecule has 0 bridgehead atoms. The molecule has 0 fully saturated rings. The molecule has 2 nitrogen and oxygen atoms in total. The van der Waals surface area contributed by atoms with Crippen LogP contribution in [0.2, 0.25) is 0 Å². The predicted molar refractivity (Wildman–Crippen MR) is 78.1 cm³/mol. The second-order valence-electron chi connectivity index (χ2n) is 4.32. The van der Waals surface area contributed by atoms with Gasteiger partial charge in [0.15, 0.2) is 11.6 Å². The summed E-state index contributed by atoms with van der Waals surface area (Å²) in [7, 11) is 0. The molecule has 0 aliphatic heterocycles. The van der Waals surface area contributed by atoms with Crippen LogP contribution < -0.4 is 10.5 Å². The number of halogens is 2. The van der Waals surface area contributed by atoms with Crippen molar-refractivity contribution in [3.8, 4) is 11.5 Å². The van der Waals surface area contributed by atoms with Gasteiger partial charge < -0.3 is 10.5 Å². The van der Waals surface area contributed by atoms with Crippen LogP contribution in [0.25, 0.3) is 0 Å². The third kappa shape index (κ3) is 3.55. The summed E-state index contributed by atoms with van der Waals surface area (Å²) in [5, 5.41) is 0. The van der Waals surface area contributed by atoms with Crippen molar-refractivity contribution in [1.29, 1.82) is 0 Å². The fourth-order valence-corrected chi connectivity index (χ4v) is 2.16. The van der Waals surface area contributed by atoms with Crippen molar-refractivity contribution in [1.82, 2.24) is 0 Å². The lowest BCUT2D eigenvalue weighted by Gasteiger charge is -2.11. The minimum Gasteiger partial charge on any atom is -0.454 e. The summed E-state index contributed by atoms with van der Waals surface area (Å²) in [6, 6.07) is 10.4. The largest absolute Gasteiger partial charge is 0.454 e. The predicted octanol–water partition coefficient (Wildman–Crippen LogP) is 4.19. The van der Waals surface area contributed by atoms with Crippen molar-refractivity contribution >= 4 is 15.9 Å². The zero-order chi connectivity index (χ0) is 13.8. The highest BCUT2D eigenvalue weighted by Gasteiger charge is 2.08. The average molecular weight is 324 g/mol. The molecule has 0 aliphatic carbocycles. The summed E-state index contributed by atoms with van der Waals surface area (Å²) in [6.07, 6.45) is 0.826. The Bertz CT molecular complexity index is 586. The van der Waals surface area contributed by atoms with Gasteiger partial charge in [0.1, 0.15) is 5.75 Å². The standard InChI is InChI=1S/C15H15BrFNO/c1-10-8-11(6-7-18)2-5-14(10)19-15-9-12(16)3-4-13(15)17/h2-5,8-9H,6-7,18H2,1H3. The van der Waals surface area contributed by atoms with E-state index >= 15 is 0 Å². The summed E-state index contributed by atoms with van der Waals surface area (Å²) >= 11 is 3.30. The van der Waals surface area contributed by atoms with Gasteiger partial charge in [-0.15, -0.1) is 0 Å². The normalized spacial score (nSPS) is 10.5. The number of nitrogens with two attached hydrogens (primary N) is 1.